The molecule has 0 fully saturated rings. The van der Waals surface area contributed by atoms with Crippen LogP contribution in [-0.4, -0.2) is 5.91 Å². The Labute approximate surface area is 147 Å². The first-order valence-electron chi connectivity index (χ1n) is 7.53. The van der Waals surface area contributed by atoms with Crippen LogP contribution in [0.2, 0.25) is 0 Å². The number of amides is 1. The molecule has 0 radical (unpaired) electrons. The number of fused-ring (bicyclic) bond motifs is 1. The molecule has 0 saturated carbocycles. The van der Waals surface area contributed by atoms with Crippen molar-refractivity contribution in [3.8, 4) is 0 Å². The molecule has 24 heavy (non-hydrogen) atoms. The van der Waals surface area contributed by atoms with E-state index in [-0.39, 0.29) is 12.5 Å². The Morgan fingerprint density at radius 3 is 2.67 bits per heavy atom. The molecule has 4 nitrogen and oxygen atoms in total. The molecule has 122 valence electrons. The van der Waals surface area contributed by atoms with Crippen LogP contribution in [0.15, 0.2) is 56.1 Å². The molecule has 0 aliphatic carbocycles. The Balaban J connectivity index is 1.94. The summed E-state index contributed by atoms with van der Waals surface area (Å²) in [6, 6.07) is 12.5. The third-order valence-electron chi connectivity index (χ3n) is 4.08. The van der Waals surface area contributed by atoms with Gasteiger partial charge in [0.1, 0.15) is 5.58 Å². The van der Waals surface area contributed by atoms with Crippen molar-refractivity contribution >= 4 is 32.8 Å². The fourth-order valence-corrected chi connectivity index (χ4v) is 3.05. The minimum absolute atomic E-state index is 0.201. The molecule has 0 spiro atoms. The Morgan fingerprint density at radius 2 is 1.92 bits per heavy atom. The summed E-state index contributed by atoms with van der Waals surface area (Å²) < 4.78 is 6.08. The van der Waals surface area contributed by atoms with E-state index in [0.717, 1.165) is 26.5 Å². The SMILES string of the molecule is Cc1ccc2c(CNC(=O)c3ccccc3Br)cc(=O)oc2c1C. The van der Waals surface area contributed by atoms with E-state index < -0.39 is 5.63 Å². The number of aryl methyl sites for hydroxylation is 2. The van der Waals surface area contributed by atoms with Gasteiger partial charge in [0.2, 0.25) is 0 Å². The molecule has 0 unspecified atom stereocenters. The highest BCUT2D eigenvalue weighted by Gasteiger charge is 2.12. The molecule has 3 aromatic rings. The maximum absolute atomic E-state index is 12.3. The average Bonchev–Trinajstić information content (AvgIpc) is 2.56. The van der Waals surface area contributed by atoms with E-state index in [4.69, 9.17) is 4.42 Å². The number of hydrogen-bond acceptors (Lipinski definition) is 3. The minimum Gasteiger partial charge on any atom is -0.422 e. The second kappa shape index (κ2) is 6.61. The van der Waals surface area contributed by atoms with Gasteiger partial charge in [-0.15, -0.1) is 0 Å². The standard InChI is InChI=1S/C19H16BrNO3/c1-11-7-8-14-13(9-17(22)24-18(14)12(11)2)10-21-19(23)15-5-3-4-6-16(15)20/h3-9H,10H2,1-2H3,(H,21,23). The molecule has 0 aliphatic heterocycles. The van der Waals surface area contributed by atoms with Crippen LogP contribution in [-0.2, 0) is 6.54 Å². The molecule has 5 heteroatoms. The Hall–Kier alpha value is -2.40. The number of halogens is 1. The summed E-state index contributed by atoms with van der Waals surface area (Å²) in [5.41, 5.74) is 3.44. The number of rotatable bonds is 3. The van der Waals surface area contributed by atoms with Gasteiger partial charge in [-0.25, -0.2) is 4.79 Å². The van der Waals surface area contributed by atoms with Gasteiger partial charge in [-0.1, -0.05) is 24.3 Å². The van der Waals surface area contributed by atoms with Gasteiger partial charge in [-0.3, -0.25) is 4.79 Å². The van der Waals surface area contributed by atoms with E-state index in [2.05, 4.69) is 21.2 Å². The second-order valence-electron chi connectivity index (χ2n) is 5.64. The quantitative estimate of drug-likeness (QED) is 0.690. The Bertz CT molecular complexity index is 992. The van der Waals surface area contributed by atoms with Crippen LogP contribution in [0.5, 0.6) is 0 Å². The van der Waals surface area contributed by atoms with Gasteiger partial charge >= 0.3 is 5.63 Å². The summed E-state index contributed by atoms with van der Waals surface area (Å²) in [6.45, 7) is 4.14. The Morgan fingerprint density at radius 1 is 1.17 bits per heavy atom. The first kappa shape index (κ1) is 16.5. The molecular weight excluding hydrogens is 370 g/mol. The van der Waals surface area contributed by atoms with Gasteiger partial charge in [0, 0.05) is 22.5 Å². The summed E-state index contributed by atoms with van der Waals surface area (Å²) in [5, 5.41) is 3.70. The maximum atomic E-state index is 12.3. The lowest BCUT2D eigenvalue weighted by Crippen LogP contribution is -2.23. The second-order valence-corrected chi connectivity index (χ2v) is 6.49. The van der Waals surface area contributed by atoms with Crippen LogP contribution in [0.3, 0.4) is 0 Å². The van der Waals surface area contributed by atoms with Crippen molar-refractivity contribution < 1.29 is 9.21 Å². The summed E-state index contributed by atoms with van der Waals surface area (Å²) >= 11 is 3.37. The van der Waals surface area contributed by atoms with E-state index in [1.165, 1.54) is 6.07 Å². The lowest BCUT2D eigenvalue weighted by molar-refractivity contribution is 0.0950. The van der Waals surface area contributed by atoms with E-state index >= 15 is 0 Å². The molecule has 1 N–H and O–H groups in total. The van der Waals surface area contributed by atoms with Gasteiger partial charge in [-0.2, -0.15) is 0 Å². The van der Waals surface area contributed by atoms with E-state index in [0.29, 0.717) is 11.1 Å². The summed E-state index contributed by atoms with van der Waals surface area (Å²) in [7, 11) is 0. The third-order valence-corrected chi connectivity index (χ3v) is 4.77. The topological polar surface area (TPSA) is 59.3 Å². The first-order chi connectivity index (χ1) is 11.5. The van der Waals surface area contributed by atoms with Crippen molar-refractivity contribution in [1.29, 1.82) is 0 Å². The third kappa shape index (κ3) is 3.12. The van der Waals surface area contributed by atoms with Crippen molar-refractivity contribution in [2.24, 2.45) is 0 Å². The lowest BCUT2D eigenvalue weighted by Gasteiger charge is -2.10. The predicted molar refractivity (Wildman–Crippen MR) is 97.3 cm³/mol. The van der Waals surface area contributed by atoms with Gasteiger partial charge in [0.25, 0.3) is 5.91 Å². The Kier molecular flexibility index (Phi) is 4.53. The van der Waals surface area contributed by atoms with Crippen molar-refractivity contribution in [3.05, 3.63) is 79.6 Å². The largest absolute Gasteiger partial charge is 0.422 e. The molecule has 2 aromatic carbocycles. The highest BCUT2D eigenvalue weighted by Crippen LogP contribution is 2.23. The van der Waals surface area contributed by atoms with Crippen LogP contribution >= 0.6 is 15.9 Å². The van der Waals surface area contributed by atoms with Crippen LogP contribution in [0.1, 0.15) is 27.0 Å². The van der Waals surface area contributed by atoms with Crippen LogP contribution in [0, 0.1) is 13.8 Å². The molecular formula is C19H16BrNO3. The number of nitrogens with one attached hydrogen (secondary N) is 1. The number of hydrogen-bond donors (Lipinski definition) is 1. The van der Waals surface area contributed by atoms with Crippen molar-refractivity contribution in [3.63, 3.8) is 0 Å². The highest BCUT2D eigenvalue weighted by atomic mass is 79.9. The predicted octanol–water partition coefficient (Wildman–Crippen LogP) is 4.10. The van der Waals surface area contributed by atoms with Gasteiger partial charge in [0.05, 0.1) is 5.56 Å². The zero-order valence-corrected chi connectivity index (χ0v) is 14.9. The highest BCUT2D eigenvalue weighted by molar-refractivity contribution is 9.10. The van der Waals surface area contributed by atoms with E-state index in [1.54, 1.807) is 12.1 Å². The molecule has 1 amide bonds. The fraction of sp³-hybridized carbons (Fsp3) is 0.158. The zero-order valence-electron chi connectivity index (χ0n) is 13.4. The van der Waals surface area contributed by atoms with Gasteiger partial charge in [0.15, 0.2) is 0 Å². The van der Waals surface area contributed by atoms with Crippen LogP contribution in [0.25, 0.3) is 11.0 Å². The zero-order chi connectivity index (χ0) is 17.3. The number of carbonyl (C=O) groups is 1. The monoisotopic (exact) mass is 385 g/mol. The van der Waals surface area contributed by atoms with Crippen molar-refractivity contribution in [2.45, 2.75) is 20.4 Å². The van der Waals surface area contributed by atoms with Crippen molar-refractivity contribution in [2.75, 3.05) is 0 Å². The fourth-order valence-electron chi connectivity index (χ4n) is 2.59. The average molecular weight is 386 g/mol. The summed E-state index contributed by atoms with van der Waals surface area (Å²) in [4.78, 5) is 24.2. The van der Waals surface area contributed by atoms with Gasteiger partial charge < -0.3 is 9.73 Å². The molecule has 1 aromatic heterocycles. The van der Waals surface area contributed by atoms with E-state index in [9.17, 15) is 9.59 Å². The molecule has 0 saturated heterocycles. The van der Waals surface area contributed by atoms with Crippen LogP contribution < -0.4 is 10.9 Å². The first-order valence-corrected chi connectivity index (χ1v) is 8.32. The number of benzene rings is 2. The molecule has 0 aliphatic rings. The van der Waals surface area contributed by atoms with Crippen LogP contribution in [0.4, 0.5) is 0 Å². The lowest BCUT2D eigenvalue weighted by atomic mass is 10.0. The molecule has 3 rings (SSSR count). The maximum Gasteiger partial charge on any atom is 0.336 e. The summed E-state index contributed by atoms with van der Waals surface area (Å²) in [5.74, 6) is -0.201. The minimum atomic E-state index is -0.415. The molecule has 1 heterocycles. The smallest absolute Gasteiger partial charge is 0.336 e. The van der Waals surface area contributed by atoms with Crippen molar-refractivity contribution in [1.82, 2.24) is 5.32 Å². The molecule has 0 bridgehead atoms. The normalized spacial score (nSPS) is 10.8. The van der Waals surface area contributed by atoms with Gasteiger partial charge in [-0.05, 0) is 58.6 Å². The van der Waals surface area contributed by atoms with E-state index in [1.807, 2.05) is 38.1 Å². The summed E-state index contributed by atoms with van der Waals surface area (Å²) in [6.07, 6.45) is 0. The number of carbonyl (C=O) groups excluding carboxylic acids is 1. The molecule has 0 atom stereocenters.